The second kappa shape index (κ2) is 5.28. The van der Waals surface area contributed by atoms with Crippen LogP contribution in [0.3, 0.4) is 0 Å². The zero-order chi connectivity index (χ0) is 14.1. The van der Waals surface area contributed by atoms with Crippen molar-refractivity contribution in [3.63, 3.8) is 0 Å². The van der Waals surface area contributed by atoms with Gasteiger partial charge in [-0.3, -0.25) is 0 Å². The lowest BCUT2D eigenvalue weighted by Gasteiger charge is -2.36. The second-order valence-corrected chi connectivity index (χ2v) is 5.62. The molecule has 0 fully saturated rings. The number of imidazole rings is 1. The minimum atomic E-state index is -0.0567. The summed E-state index contributed by atoms with van der Waals surface area (Å²) in [6, 6.07) is 4.12. The van der Waals surface area contributed by atoms with Crippen molar-refractivity contribution >= 4 is 17.3 Å². The van der Waals surface area contributed by atoms with E-state index in [0.717, 1.165) is 35.2 Å². The third-order valence-corrected chi connectivity index (χ3v) is 3.76. The lowest BCUT2D eigenvalue weighted by Crippen LogP contribution is -2.47. The van der Waals surface area contributed by atoms with Gasteiger partial charge in [-0.1, -0.05) is 0 Å². The summed E-state index contributed by atoms with van der Waals surface area (Å²) in [4.78, 5) is 9.82. The Labute approximate surface area is 123 Å². The molecule has 0 amide bonds. The van der Waals surface area contributed by atoms with Gasteiger partial charge in [0.1, 0.15) is 11.8 Å². The Balaban J connectivity index is 1.96. The van der Waals surface area contributed by atoms with E-state index in [2.05, 4.69) is 34.0 Å². The number of furan rings is 1. The van der Waals surface area contributed by atoms with E-state index < -0.39 is 0 Å². The largest absolute Gasteiger partial charge is 0.467 e. The van der Waals surface area contributed by atoms with E-state index in [4.69, 9.17) is 16.6 Å². The molecule has 1 aliphatic rings. The molecule has 3 heterocycles. The minimum Gasteiger partial charge on any atom is -0.467 e. The predicted molar refractivity (Wildman–Crippen MR) is 80.4 cm³/mol. The molecule has 0 bridgehead atoms. The SMILES string of the molecule is CC(C)NC(=S)N1CCc2[nH]cnc2C1c1ccco1. The highest BCUT2D eigenvalue weighted by molar-refractivity contribution is 7.80. The van der Waals surface area contributed by atoms with E-state index in [-0.39, 0.29) is 6.04 Å². The number of hydrogen-bond donors (Lipinski definition) is 2. The number of fused-ring (bicyclic) bond motifs is 1. The van der Waals surface area contributed by atoms with Gasteiger partial charge in [0.05, 0.1) is 18.3 Å². The van der Waals surface area contributed by atoms with Crippen molar-refractivity contribution in [1.29, 1.82) is 0 Å². The third kappa shape index (κ3) is 2.31. The van der Waals surface area contributed by atoms with Gasteiger partial charge in [-0.25, -0.2) is 4.98 Å². The number of nitrogens with one attached hydrogen (secondary N) is 2. The Morgan fingerprint density at radius 2 is 2.45 bits per heavy atom. The maximum atomic E-state index is 5.60. The van der Waals surface area contributed by atoms with Gasteiger partial charge in [-0.05, 0) is 38.2 Å². The number of hydrogen-bond acceptors (Lipinski definition) is 3. The number of thiocarbonyl (C=S) groups is 1. The Morgan fingerprint density at radius 3 is 3.15 bits per heavy atom. The molecule has 5 nitrogen and oxygen atoms in total. The summed E-state index contributed by atoms with van der Waals surface area (Å²) in [5, 5.41) is 4.05. The molecule has 2 N–H and O–H groups in total. The van der Waals surface area contributed by atoms with Crippen molar-refractivity contribution in [2.24, 2.45) is 0 Å². The van der Waals surface area contributed by atoms with Crippen molar-refractivity contribution in [1.82, 2.24) is 20.2 Å². The van der Waals surface area contributed by atoms with Crippen LogP contribution in [-0.4, -0.2) is 32.6 Å². The van der Waals surface area contributed by atoms with Crippen LogP contribution in [0, 0.1) is 0 Å². The summed E-state index contributed by atoms with van der Waals surface area (Å²) in [7, 11) is 0. The molecule has 0 aliphatic carbocycles. The van der Waals surface area contributed by atoms with Crippen LogP contribution >= 0.6 is 12.2 Å². The van der Waals surface area contributed by atoms with Crippen molar-refractivity contribution in [3.8, 4) is 0 Å². The molecule has 106 valence electrons. The van der Waals surface area contributed by atoms with Gasteiger partial charge in [-0.2, -0.15) is 0 Å². The highest BCUT2D eigenvalue weighted by atomic mass is 32.1. The van der Waals surface area contributed by atoms with Crippen LogP contribution in [0.2, 0.25) is 0 Å². The summed E-state index contributed by atoms with van der Waals surface area (Å²) in [5.74, 6) is 0.867. The zero-order valence-corrected chi connectivity index (χ0v) is 12.4. The lowest BCUT2D eigenvalue weighted by molar-refractivity contribution is 0.285. The average Bonchev–Trinajstić information content (AvgIpc) is 3.07. The Bertz CT molecular complexity index is 590. The van der Waals surface area contributed by atoms with Gasteiger partial charge in [-0.15, -0.1) is 0 Å². The molecule has 3 rings (SSSR count). The van der Waals surface area contributed by atoms with Crippen molar-refractivity contribution in [2.75, 3.05) is 6.54 Å². The van der Waals surface area contributed by atoms with Gasteiger partial charge < -0.3 is 19.6 Å². The molecular weight excluding hydrogens is 272 g/mol. The van der Waals surface area contributed by atoms with E-state index in [9.17, 15) is 0 Å². The molecule has 0 radical (unpaired) electrons. The van der Waals surface area contributed by atoms with Gasteiger partial charge in [0.2, 0.25) is 0 Å². The standard InChI is InChI=1S/C14H18N4OS/c1-9(2)17-14(20)18-6-5-10-12(16-8-15-10)13(18)11-4-3-7-19-11/h3-4,7-9,13H,5-6H2,1-2H3,(H,15,16)(H,17,20). The number of aromatic nitrogens is 2. The van der Waals surface area contributed by atoms with Gasteiger partial charge in [0.25, 0.3) is 0 Å². The van der Waals surface area contributed by atoms with Crippen LogP contribution < -0.4 is 5.32 Å². The minimum absolute atomic E-state index is 0.0567. The van der Waals surface area contributed by atoms with E-state index in [1.54, 1.807) is 12.6 Å². The van der Waals surface area contributed by atoms with E-state index in [1.165, 1.54) is 0 Å². The smallest absolute Gasteiger partial charge is 0.170 e. The fourth-order valence-electron chi connectivity index (χ4n) is 2.56. The quantitative estimate of drug-likeness (QED) is 0.831. The first-order valence-corrected chi connectivity index (χ1v) is 7.20. The normalized spacial score (nSPS) is 18.1. The molecule has 1 unspecified atom stereocenters. The molecule has 2 aromatic heterocycles. The first-order chi connectivity index (χ1) is 9.66. The molecule has 0 saturated carbocycles. The number of nitrogens with zero attached hydrogens (tertiary/aromatic N) is 2. The summed E-state index contributed by atoms with van der Waals surface area (Å²) in [6.07, 6.45) is 4.34. The van der Waals surface area contributed by atoms with Crippen LogP contribution in [0.4, 0.5) is 0 Å². The predicted octanol–water partition coefficient (Wildman–Crippen LogP) is 2.23. The van der Waals surface area contributed by atoms with Crippen LogP contribution in [-0.2, 0) is 6.42 Å². The Morgan fingerprint density at radius 1 is 1.60 bits per heavy atom. The first-order valence-electron chi connectivity index (χ1n) is 6.79. The first kappa shape index (κ1) is 13.2. The van der Waals surface area contributed by atoms with Crippen molar-refractivity contribution < 1.29 is 4.42 Å². The van der Waals surface area contributed by atoms with Crippen LogP contribution in [0.15, 0.2) is 29.1 Å². The second-order valence-electron chi connectivity index (χ2n) is 5.23. The molecule has 2 aromatic rings. The lowest BCUT2D eigenvalue weighted by atomic mass is 10.0. The Hall–Kier alpha value is -1.82. The fraction of sp³-hybridized carbons (Fsp3) is 0.429. The number of rotatable bonds is 2. The molecule has 1 atom stereocenters. The van der Waals surface area contributed by atoms with Crippen LogP contribution in [0.25, 0.3) is 0 Å². The number of aromatic amines is 1. The fourth-order valence-corrected chi connectivity index (χ4v) is 2.99. The third-order valence-electron chi connectivity index (χ3n) is 3.41. The van der Waals surface area contributed by atoms with E-state index in [0.29, 0.717) is 6.04 Å². The Kier molecular flexibility index (Phi) is 3.48. The molecule has 1 aliphatic heterocycles. The molecular formula is C14H18N4OS. The molecule has 20 heavy (non-hydrogen) atoms. The summed E-state index contributed by atoms with van der Waals surface area (Å²) < 4.78 is 5.60. The monoisotopic (exact) mass is 290 g/mol. The van der Waals surface area contributed by atoms with Gasteiger partial charge in [0, 0.05) is 24.7 Å². The van der Waals surface area contributed by atoms with E-state index in [1.807, 2.05) is 12.1 Å². The van der Waals surface area contributed by atoms with E-state index >= 15 is 0 Å². The van der Waals surface area contributed by atoms with Crippen molar-refractivity contribution in [3.05, 3.63) is 41.9 Å². The topological polar surface area (TPSA) is 57.1 Å². The summed E-state index contributed by atoms with van der Waals surface area (Å²) >= 11 is 5.54. The van der Waals surface area contributed by atoms with Crippen LogP contribution in [0.5, 0.6) is 0 Å². The summed E-state index contributed by atoms with van der Waals surface area (Å²) in [6.45, 7) is 5.01. The maximum absolute atomic E-state index is 5.60. The average molecular weight is 290 g/mol. The maximum Gasteiger partial charge on any atom is 0.170 e. The zero-order valence-electron chi connectivity index (χ0n) is 11.6. The molecule has 6 heteroatoms. The summed E-state index contributed by atoms with van der Waals surface area (Å²) in [5.41, 5.74) is 2.16. The molecule has 0 aromatic carbocycles. The van der Waals surface area contributed by atoms with Gasteiger partial charge >= 0.3 is 0 Å². The van der Waals surface area contributed by atoms with Gasteiger partial charge in [0.15, 0.2) is 5.11 Å². The van der Waals surface area contributed by atoms with Crippen molar-refractivity contribution in [2.45, 2.75) is 32.4 Å². The highest BCUT2D eigenvalue weighted by Crippen LogP contribution is 2.33. The number of H-pyrrole nitrogens is 1. The molecule has 0 saturated heterocycles. The molecule has 0 spiro atoms. The highest BCUT2D eigenvalue weighted by Gasteiger charge is 2.34. The van der Waals surface area contributed by atoms with Crippen LogP contribution in [0.1, 0.15) is 37.0 Å².